The van der Waals surface area contributed by atoms with Gasteiger partial charge in [0.15, 0.2) is 4.34 Å². The topological polar surface area (TPSA) is 58.1 Å². The van der Waals surface area contributed by atoms with E-state index >= 15 is 0 Å². The number of hydrogen-bond acceptors (Lipinski definition) is 6. The highest BCUT2D eigenvalue weighted by atomic mass is 32.2. The van der Waals surface area contributed by atoms with E-state index in [2.05, 4.69) is 15.5 Å². The molecule has 5 nitrogen and oxygen atoms in total. The van der Waals surface area contributed by atoms with Crippen molar-refractivity contribution in [2.45, 2.75) is 17.2 Å². The highest BCUT2D eigenvalue weighted by Gasteiger charge is 2.18. The van der Waals surface area contributed by atoms with Crippen LogP contribution < -0.4 is 5.32 Å². The molecule has 1 amide bonds. The second-order valence-electron chi connectivity index (χ2n) is 4.89. The van der Waals surface area contributed by atoms with Gasteiger partial charge in [0.25, 0.3) is 0 Å². The van der Waals surface area contributed by atoms with Crippen molar-refractivity contribution in [2.24, 2.45) is 0 Å². The SMILES string of the molecule is O=C(CSc1nnc(Nc2cccc(F)c2)s1)N1CCCC1. The van der Waals surface area contributed by atoms with Crippen LogP contribution in [0.25, 0.3) is 0 Å². The van der Waals surface area contributed by atoms with Crippen molar-refractivity contribution >= 4 is 39.8 Å². The standard InChI is InChI=1S/C14H15FN4OS2/c15-10-4-3-5-11(8-10)16-13-17-18-14(22-13)21-9-12(20)19-6-1-2-7-19/h3-5,8H,1-2,6-7,9H2,(H,16,17). The summed E-state index contributed by atoms with van der Waals surface area (Å²) in [6.07, 6.45) is 2.19. The van der Waals surface area contributed by atoms with Gasteiger partial charge in [-0.3, -0.25) is 4.79 Å². The molecule has 0 unspecified atom stereocenters. The number of anilines is 2. The Hall–Kier alpha value is -1.67. The fourth-order valence-corrected chi connectivity index (χ4v) is 3.86. The monoisotopic (exact) mass is 338 g/mol. The number of rotatable bonds is 5. The van der Waals surface area contributed by atoms with Crippen molar-refractivity contribution in [1.29, 1.82) is 0 Å². The normalized spacial score (nSPS) is 14.3. The molecular formula is C14H15FN4OS2. The molecule has 1 saturated heterocycles. The average Bonchev–Trinajstić information content (AvgIpc) is 3.16. The lowest BCUT2D eigenvalue weighted by Gasteiger charge is -2.13. The zero-order valence-electron chi connectivity index (χ0n) is 11.8. The smallest absolute Gasteiger partial charge is 0.233 e. The number of carbonyl (C=O) groups is 1. The van der Waals surface area contributed by atoms with Gasteiger partial charge in [0.05, 0.1) is 5.75 Å². The molecular weight excluding hydrogens is 323 g/mol. The van der Waals surface area contributed by atoms with Gasteiger partial charge in [-0.15, -0.1) is 10.2 Å². The van der Waals surface area contributed by atoms with Crippen LogP contribution in [0.15, 0.2) is 28.6 Å². The van der Waals surface area contributed by atoms with Gasteiger partial charge in [-0.1, -0.05) is 29.2 Å². The van der Waals surface area contributed by atoms with Crippen LogP contribution >= 0.6 is 23.1 Å². The second-order valence-corrected chi connectivity index (χ2v) is 7.09. The number of thioether (sulfide) groups is 1. The van der Waals surface area contributed by atoms with Gasteiger partial charge in [-0.25, -0.2) is 4.39 Å². The lowest BCUT2D eigenvalue weighted by molar-refractivity contribution is -0.127. The Morgan fingerprint density at radius 2 is 2.18 bits per heavy atom. The summed E-state index contributed by atoms with van der Waals surface area (Å²) >= 11 is 2.74. The number of halogens is 1. The minimum Gasteiger partial charge on any atom is -0.342 e. The van der Waals surface area contributed by atoms with Gasteiger partial charge < -0.3 is 10.2 Å². The van der Waals surface area contributed by atoms with E-state index in [1.807, 2.05) is 4.90 Å². The molecule has 1 aliphatic rings. The first-order valence-corrected chi connectivity index (χ1v) is 8.77. The maximum Gasteiger partial charge on any atom is 0.233 e. The van der Waals surface area contributed by atoms with Gasteiger partial charge in [0.1, 0.15) is 5.82 Å². The molecule has 1 aromatic carbocycles. The van der Waals surface area contributed by atoms with Crippen molar-refractivity contribution in [3.8, 4) is 0 Å². The molecule has 0 bridgehead atoms. The van der Waals surface area contributed by atoms with Crippen LogP contribution in [0.3, 0.4) is 0 Å². The number of nitrogens with zero attached hydrogens (tertiary/aromatic N) is 3. The van der Waals surface area contributed by atoms with Crippen LogP contribution in [0.1, 0.15) is 12.8 Å². The molecule has 0 aliphatic carbocycles. The number of benzene rings is 1. The van der Waals surface area contributed by atoms with Crippen LogP contribution in [0.4, 0.5) is 15.2 Å². The first-order chi connectivity index (χ1) is 10.7. The molecule has 0 saturated carbocycles. The first-order valence-electron chi connectivity index (χ1n) is 6.97. The minimum absolute atomic E-state index is 0.150. The van der Waals surface area contributed by atoms with Crippen LogP contribution in [-0.2, 0) is 4.79 Å². The third kappa shape index (κ3) is 3.95. The van der Waals surface area contributed by atoms with Gasteiger partial charge in [-0.2, -0.15) is 0 Å². The number of amides is 1. The molecule has 2 aromatic rings. The predicted molar refractivity (Wildman–Crippen MR) is 86.1 cm³/mol. The molecule has 1 N–H and O–H groups in total. The zero-order valence-corrected chi connectivity index (χ0v) is 13.4. The Labute approximate surface area is 135 Å². The van der Waals surface area contributed by atoms with E-state index in [9.17, 15) is 9.18 Å². The maximum atomic E-state index is 13.1. The van der Waals surface area contributed by atoms with E-state index in [4.69, 9.17) is 0 Å². The molecule has 0 radical (unpaired) electrons. The number of hydrogen-bond donors (Lipinski definition) is 1. The molecule has 3 rings (SSSR count). The van der Waals surface area contributed by atoms with Gasteiger partial charge in [0.2, 0.25) is 11.0 Å². The van der Waals surface area contributed by atoms with Crippen LogP contribution in [0, 0.1) is 5.82 Å². The third-order valence-corrected chi connectivity index (χ3v) is 5.22. The molecule has 0 atom stereocenters. The van der Waals surface area contributed by atoms with E-state index in [0.717, 1.165) is 30.3 Å². The van der Waals surface area contributed by atoms with E-state index < -0.39 is 0 Å². The fraction of sp³-hybridized carbons (Fsp3) is 0.357. The number of nitrogens with one attached hydrogen (secondary N) is 1. The van der Waals surface area contributed by atoms with Crippen molar-refractivity contribution in [3.05, 3.63) is 30.1 Å². The Balaban J connectivity index is 1.53. The number of carbonyl (C=O) groups excluding carboxylic acids is 1. The molecule has 1 aromatic heterocycles. The molecule has 8 heteroatoms. The largest absolute Gasteiger partial charge is 0.342 e. The maximum absolute atomic E-state index is 13.1. The van der Waals surface area contributed by atoms with E-state index in [0.29, 0.717) is 16.6 Å². The summed E-state index contributed by atoms with van der Waals surface area (Å²) in [7, 11) is 0. The molecule has 0 spiro atoms. The molecule has 2 heterocycles. The van der Waals surface area contributed by atoms with Crippen LogP contribution in [0.5, 0.6) is 0 Å². The van der Waals surface area contributed by atoms with Crippen LogP contribution in [0.2, 0.25) is 0 Å². The van der Waals surface area contributed by atoms with Crippen molar-refractivity contribution in [3.63, 3.8) is 0 Å². The Kier molecular flexibility index (Phi) is 4.89. The Morgan fingerprint density at radius 3 is 2.95 bits per heavy atom. The van der Waals surface area contributed by atoms with Gasteiger partial charge in [0, 0.05) is 18.8 Å². The molecule has 1 fully saturated rings. The minimum atomic E-state index is -0.305. The fourth-order valence-electron chi connectivity index (χ4n) is 2.19. The lowest BCUT2D eigenvalue weighted by Crippen LogP contribution is -2.29. The van der Waals surface area contributed by atoms with E-state index in [1.165, 1.54) is 35.2 Å². The number of likely N-dealkylation sites (tertiary alicyclic amines) is 1. The van der Waals surface area contributed by atoms with E-state index in [-0.39, 0.29) is 11.7 Å². The van der Waals surface area contributed by atoms with Crippen molar-refractivity contribution < 1.29 is 9.18 Å². The van der Waals surface area contributed by atoms with Gasteiger partial charge >= 0.3 is 0 Å². The zero-order chi connectivity index (χ0) is 15.4. The lowest BCUT2D eigenvalue weighted by atomic mass is 10.3. The van der Waals surface area contributed by atoms with E-state index in [1.54, 1.807) is 12.1 Å². The predicted octanol–water partition coefficient (Wildman–Crippen LogP) is 3.14. The molecule has 1 aliphatic heterocycles. The highest BCUT2D eigenvalue weighted by Crippen LogP contribution is 2.28. The third-order valence-electron chi connectivity index (χ3n) is 3.26. The summed E-state index contributed by atoms with van der Waals surface area (Å²) in [6, 6.07) is 6.17. The highest BCUT2D eigenvalue weighted by molar-refractivity contribution is 8.01. The van der Waals surface area contributed by atoms with Crippen molar-refractivity contribution in [1.82, 2.24) is 15.1 Å². The average molecular weight is 338 g/mol. The summed E-state index contributed by atoms with van der Waals surface area (Å²) in [5, 5.41) is 11.6. The summed E-state index contributed by atoms with van der Waals surface area (Å²) in [6.45, 7) is 1.73. The van der Waals surface area contributed by atoms with Crippen molar-refractivity contribution in [2.75, 3.05) is 24.2 Å². The Morgan fingerprint density at radius 1 is 1.36 bits per heavy atom. The molecule has 22 heavy (non-hydrogen) atoms. The molecule has 116 valence electrons. The summed E-state index contributed by atoms with van der Waals surface area (Å²) in [5.41, 5.74) is 0.626. The van der Waals surface area contributed by atoms with Crippen LogP contribution in [-0.4, -0.2) is 39.8 Å². The summed E-state index contributed by atoms with van der Waals surface area (Å²) < 4.78 is 13.8. The Bertz CT molecular complexity index is 658. The summed E-state index contributed by atoms with van der Waals surface area (Å²) in [5.74, 6) is 0.229. The van der Waals surface area contributed by atoms with Gasteiger partial charge in [-0.05, 0) is 31.0 Å². The first kappa shape index (κ1) is 15.2. The second kappa shape index (κ2) is 7.06. The summed E-state index contributed by atoms with van der Waals surface area (Å²) in [4.78, 5) is 13.8. The quantitative estimate of drug-likeness (QED) is 0.849. The number of aromatic nitrogens is 2.